The Labute approximate surface area is 184 Å². The number of halogens is 1. The molecule has 0 unspecified atom stereocenters. The summed E-state index contributed by atoms with van der Waals surface area (Å²) >= 11 is 0. The number of ether oxygens (including phenoxy) is 1. The summed E-state index contributed by atoms with van der Waals surface area (Å²) in [6, 6.07) is 12.3. The molecule has 2 N–H and O–H groups in total. The van der Waals surface area contributed by atoms with Crippen LogP contribution >= 0.6 is 0 Å². The third-order valence-corrected chi connectivity index (χ3v) is 6.77. The average Bonchev–Trinajstić information content (AvgIpc) is 3.33. The van der Waals surface area contributed by atoms with Crippen LogP contribution < -0.4 is 10.6 Å². The first kappa shape index (κ1) is 21.9. The van der Waals surface area contributed by atoms with Crippen molar-refractivity contribution in [2.45, 2.75) is 4.90 Å². The Hall–Kier alpha value is -3.28. The Morgan fingerprint density at radius 2 is 1.91 bits per heavy atom. The van der Waals surface area contributed by atoms with Crippen molar-refractivity contribution in [1.82, 2.24) is 14.1 Å². The summed E-state index contributed by atoms with van der Waals surface area (Å²) in [5.41, 5.74) is 1.08. The lowest BCUT2D eigenvalue weighted by Gasteiger charge is -2.26. The molecular formula is C21H22FN5O4S. The number of benzene rings is 2. The number of anilines is 2. The first-order valence-corrected chi connectivity index (χ1v) is 11.4. The summed E-state index contributed by atoms with van der Waals surface area (Å²) in [4.78, 5) is 12.4. The summed E-state index contributed by atoms with van der Waals surface area (Å²) in [6.07, 6.45) is 3.18. The number of morpholine rings is 1. The van der Waals surface area contributed by atoms with Crippen molar-refractivity contribution in [3.63, 3.8) is 0 Å². The molecule has 0 spiro atoms. The van der Waals surface area contributed by atoms with Crippen molar-refractivity contribution in [2.24, 2.45) is 0 Å². The number of rotatable bonds is 7. The van der Waals surface area contributed by atoms with E-state index in [0.717, 1.165) is 0 Å². The van der Waals surface area contributed by atoms with Crippen LogP contribution in [-0.2, 0) is 19.6 Å². The molecule has 9 nitrogen and oxygen atoms in total. The van der Waals surface area contributed by atoms with Gasteiger partial charge in [-0.05, 0) is 42.5 Å². The monoisotopic (exact) mass is 459 g/mol. The van der Waals surface area contributed by atoms with Crippen LogP contribution in [0.15, 0.2) is 65.8 Å². The van der Waals surface area contributed by atoms with Crippen molar-refractivity contribution in [2.75, 3.05) is 43.5 Å². The minimum absolute atomic E-state index is 0.0986. The van der Waals surface area contributed by atoms with Crippen molar-refractivity contribution in [3.05, 3.63) is 66.7 Å². The maximum Gasteiger partial charge on any atom is 0.243 e. The molecule has 1 aromatic heterocycles. The van der Waals surface area contributed by atoms with Gasteiger partial charge in [0.05, 0.1) is 24.7 Å². The summed E-state index contributed by atoms with van der Waals surface area (Å²) < 4.78 is 47.9. The van der Waals surface area contributed by atoms with Crippen LogP contribution in [0, 0.1) is 5.82 Å². The summed E-state index contributed by atoms with van der Waals surface area (Å²) in [5.74, 6) is -0.886. The minimum Gasteiger partial charge on any atom is -0.379 e. The lowest BCUT2D eigenvalue weighted by atomic mass is 10.2. The SMILES string of the molecule is O=C(CNc1ccc(-n2cccn2)c(F)c1)Nc1cccc(S(=O)(=O)N2CCOCC2)c1. The Morgan fingerprint density at radius 1 is 1.09 bits per heavy atom. The normalized spacial score (nSPS) is 14.8. The summed E-state index contributed by atoms with van der Waals surface area (Å²) in [7, 11) is -3.67. The van der Waals surface area contributed by atoms with E-state index in [9.17, 15) is 17.6 Å². The molecule has 0 saturated carbocycles. The molecular weight excluding hydrogens is 437 g/mol. The Balaban J connectivity index is 1.37. The van der Waals surface area contributed by atoms with Gasteiger partial charge in [0.1, 0.15) is 5.69 Å². The lowest BCUT2D eigenvalue weighted by Crippen LogP contribution is -2.40. The smallest absolute Gasteiger partial charge is 0.243 e. The second-order valence-electron chi connectivity index (χ2n) is 7.06. The van der Waals surface area contributed by atoms with E-state index in [1.165, 1.54) is 27.2 Å². The molecule has 1 saturated heterocycles. The van der Waals surface area contributed by atoms with Gasteiger partial charge >= 0.3 is 0 Å². The number of carbonyl (C=O) groups excluding carboxylic acids is 1. The second-order valence-corrected chi connectivity index (χ2v) is 9.00. The Bertz CT molecular complexity index is 1190. The number of hydrogen-bond acceptors (Lipinski definition) is 6. The summed E-state index contributed by atoms with van der Waals surface area (Å²) in [6.45, 7) is 1.16. The van der Waals surface area contributed by atoms with E-state index in [1.807, 2.05) is 0 Å². The van der Waals surface area contributed by atoms with Gasteiger partial charge in [-0.3, -0.25) is 4.79 Å². The molecule has 0 bridgehead atoms. The van der Waals surface area contributed by atoms with E-state index >= 15 is 0 Å². The summed E-state index contributed by atoms with van der Waals surface area (Å²) in [5, 5.41) is 9.50. The minimum atomic E-state index is -3.67. The number of amides is 1. The highest BCUT2D eigenvalue weighted by Gasteiger charge is 2.26. The number of carbonyl (C=O) groups is 1. The third kappa shape index (κ3) is 4.96. The maximum absolute atomic E-state index is 14.3. The number of nitrogens with one attached hydrogen (secondary N) is 2. The average molecular weight is 460 g/mol. The van der Waals surface area contributed by atoms with Gasteiger partial charge in [0, 0.05) is 36.9 Å². The molecule has 168 valence electrons. The maximum atomic E-state index is 14.3. The number of sulfonamides is 1. The third-order valence-electron chi connectivity index (χ3n) is 4.88. The van der Waals surface area contributed by atoms with Gasteiger partial charge in [0.15, 0.2) is 5.82 Å². The Morgan fingerprint density at radius 3 is 2.62 bits per heavy atom. The topological polar surface area (TPSA) is 106 Å². The molecule has 2 aromatic carbocycles. The van der Waals surface area contributed by atoms with E-state index in [0.29, 0.717) is 43.4 Å². The molecule has 4 rings (SSSR count). The first-order valence-electron chi connectivity index (χ1n) is 9.95. The van der Waals surface area contributed by atoms with Gasteiger partial charge in [-0.15, -0.1) is 0 Å². The largest absolute Gasteiger partial charge is 0.379 e. The molecule has 11 heteroatoms. The van der Waals surface area contributed by atoms with Gasteiger partial charge in [0.2, 0.25) is 15.9 Å². The molecule has 1 aliphatic rings. The predicted octanol–water partition coefficient (Wildman–Crippen LogP) is 2.08. The molecule has 32 heavy (non-hydrogen) atoms. The Kier molecular flexibility index (Phi) is 6.49. The van der Waals surface area contributed by atoms with Gasteiger partial charge in [-0.1, -0.05) is 6.07 Å². The number of nitrogens with zero attached hydrogens (tertiary/aromatic N) is 3. The van der Waals surface area contributed by atoms with Crippen molar-refractivity contribution < 1.29 is 22.3 Å². The van der Waals surface area contributed by atoms with E-state index in [1.54, 1.807) is 42.7 Å². The van der Waals surface area contributed by atoms with Crippen LogP contribution in [0.5, 0.6) is 0 Å². The van der Waals surface area contributed by atoms with Crippen LogP contribution in [0.1, 0.15) is 0 Å². The zero-order chi connectivity index (χ0) is 22.6. The highest BCUT2D eigenvalue weighted by atomic mass is 32.2. The quantitative estimate of drug-likeness (QED) is 0.561. The molecule has 2 heterocycles. The standard InChI is InChI=1S/C21H22FN5O4S/c22-19-14-16(5-6-20(19)27-8-2-7-24-27)23-15-21(28)25-17-3-1-4-18(13-17)32(29,30)26-9-11-31-12-10-26/h1-8,13-14,23H,9-12,15H2,(H,25,28). The van der Waals surface area contributed by atoms with Crippen LogP contribution in [-0.4, -0.2) is 61.3 Å². The number of aromatic nitrogens is 2. The molecule has 1 fully saturated rings. The van der Waals surface area contributed by atoms with Crippen LogP contribution in [0.25, 0.3) is 5.69 Å². The van der Waals surface area contributed by atoms with Crippen LogP contribution in [0.4, 0.5) is 15.8 Å². The van der Waals surface area contributed by atoms with E-state index in [2.05, 4.69) is 15.7 Å². The van der Waals surface area contributed by atoms with Crippen molar-refractivity contribution >= 4 is 27.3 Å². The van der Waals surface area contributed by atoms with E-state index in [4.69, 9.17) is 4.74 Å². The molecule has 1 aliphatic heterocycles. The predicted molar refractivity (Wildman–Crippen MR) is 117 cm³/mol. The lowest BCUT2D eigenvalue weighted by molar-refractivity contribution is -0.114. The van der Waals surface area contributed by atoms with Crippen molar-refractivity contribution in [1.29, 1.82) is 0 Å². The van der Waals surface area contributed by atoms with Gasteiger partial charge in [-0.2, -0.15) is 9.40 Å². The second kappa shape index (κ2) is 9.47. The zero-order valence-electron chi connectivity index (χ0n) is 17.1. The fourth-order valence-corrected chi connectivity index (χ4v) is 4.73. The van der Waals surface area contributed by atoms with Crippen LogP contribution in [0.3, 0.4) is 0 Å². The van der Waals surface area contributed by atoms with E-state index < -0.39 is 21.7 Å². The van der Waals surface area contributed by atoms with Crippen LogP contribution in [0.2, 0.25) is 0 Å². The zero-order valence-corrected chi connectivity index (χ0v) is 17.9. The molecule has 0 radical (unpaired) electrons. The first-order chi connectivity index (χ1) is 15.4. The molecule has 3 aromatic rings. The molecule has 1 amide bonds. The number of hydrogen-bond donors (Lipinski definition) is 2. The fourth-order valence-electron chi connectivity index (χ4n) is 3.27. The fraction of sp³-hybridized carbons (Fsp3) is 0.238. The van der Waals surface area contributed by atoms with E-state index in [-0.39, 0.29) is 11.4 Å². The van der Waals surface area contributed by atoms with Crippen molar-refractivity contribution in [3.8, 4) is 5.69 Å². The van der Waals surface area contributed by atoms with Gasteiger partial charge < -0.3 is 15.4 Å². The molecule has 0 atom stereocenters. The van der Waals surface area contributed by atoms with Gasteiger partial charge in [0.25, 0.3) is 0 Å². The van der Waals surface area contributed by atoms with Gasteiger partial charge in [-0.25, -0.2) is 17.5 Å². The highest BCUT2D eigenvalue weighted by molar-refractivity contribution is 7.89. The molecule has 0 aliphatic carbocycles. The highest BCUT2D eigenvalue weighted by Crippen LogP contribution is 2.21.